The van der Waals surface area contributed by atoms with Crippen LogP contribution in [0.3, 0.4) is 0 Å². The Hall–Kier alpha value is -4.05. The Kier molecular flexibility index (Phi) is 14.0. The number of aliphatic hydroxyl groups is 3. The van der Waals surface area contributed by atoms with E-state index in [0.29, 0.717) is 69.8 Å². The van der Waals surface area contributed by atoms with Crippen LogP contribution in [-0.4, -0.2) is 92.1 Å². The van der Waals surface area contributed by atoms with Gasteiger partial charge in [-0.25, -0.2) is 0 Å². The van der Waals surface area contributed by atoms with E-state index in [0.717, 1.165) is 16.7 Å². The summed E-state index contributed by atoms with van der Waals surface area (Å²) in [6.07, 6.45) is 11.5. The summed E-state index contributed by atoms with van der Waals surface area (Å²) in [5.41, 5.74) is -2.26. The Labute approximate surface area is 364 Å². The van der Waals surface area contributed by atoms with Gasteiger partial charge in [-0.15, -0.1) is 0 Å². The second-order valence-corrected chi connectivity index (χ2v) is 18.9. The second kappa shape index (κ2) is 18.5. The predicted molar refractivity (Wildman–Crippen MR) is 228 cm³/mol. The summed E-state index contributed by atoms with van der Waals surface area (Å²) < 4.78 is 13.8. The average molecular weight is 939 g/mol. The number of ketones is 3. The summed E-state index contributed by atoms with van der Waals surface area (Å²) in [6, 6.07) is 12.2. The van der Waals surface area contributed by atoms with Crippen LogP contribution in [0.25, 0.3) is 0 Å². The van der Waals surface area contributed by atoms with Gasteiger partial charge in [0.25, 0.3) is 0 Å². The molecule has 0 radical (unpaired) electrons. The highest BCUT2D eigenvalue weighted by Gasteiger charge is 2.55. The molecule has 0 saturated heterocycles. The molecule has 13 heteroatoms. The molecular formula is C47H55IO12. The van der Waals surface area contributed by atoms with Crippen LogP contribution >= 0.6 is 22.6 Å². The number of alkyl halides is 1. The maximum atomic E-state index is 14.6. The van der Waals surface area contributed by atoms with Crippen LogP contribution in [0.4, 0.5) is 0 Å². The summed E-state index contributed by atoms with van der Waals surface area (Å²) in [5, 5.41) is 35.2. The number of halogens is 1. The molecule has 4 aliphatic carbocycles. The Bertz CT molecular complexity index is 2070. The van der Waals surface area contributed by atoms with Crippen LogP contribution in [0.15, 0.2) is 66.3 Å². The molecule has 0 heterocycles. The third-order valence-corrected chi connectivity index (χ3v) is 14.6. The Morgan fingerprint density at radius 2 is 1.12 bits per heavy atom. The Balaban J connectivity index is 1.27. The minimum absolute atomic E-state index is 0.0888. The topological polar surface area (TPSA) is 191 Å². The highest BCUT2D eigenvalue weighted by molar-refractivity contribution is 14.1. The van der Waals surface area contributed by atoms with Crippen molar-refractivity contribution in [1.29, 1.82) is 0 Å². The van der Waals surface area contributed by atoms with Gasteiger partial charge >= 0.3 is 17.9 Å². The quantitative estimate of drug-likeness (QED) is 0.0690. The molecule has 7 unspecified atom stereocenters. The molecule has 0 bridgehead atoms. The van der Waals surface area contributed by atoms with Crippen molar-refractivity contribution < 1.29 is 58.3 Å². The van der Waals surface area contributed by atoms with Crippen molar-refractivity contribution in [3.05, 3.63) is 94.1 Å². The number of ether oxygens (including phenoxy) is 3. The number of Topliss-reactive ketones (excluding diaryl/α,β-unsaturated/α-hetero) is 3. The zero-order valence-electron chi connectivity index (χ0n) is 34.5. The lowest BCUT2D eigenvalue weighted by Gasteiger charge is -2.41. The van der Waals surface area contributed by atoms with E-state index in [-0.39, 0.29) is 43.2 Å². The number of carbonyl (C=O) groups is 6. The maximum Gasteiger partial charge on any atom is 0.312 e. The van der Waals surface area contributed by atoms with Gasteiger partial charge in [0.15, 0.2) is 17.3 Å². The first-order valence-electron chi connectivity index (χ1n) is 20.9. The molecule has 3 fully saturated rings. The van der Waals surface area contributed by atoms with E-state index in [1.54, 1.807) is 42.5 Å². The fourth-order valence-electron chi connectivity index (χ4n) is 9.77. The largest absolute Gasteiger partial charge is 0.469 e. The standard InChI is InChI=1S/C47H55IO12/c1-58-40(51)35-10-4-7-21-45(35,55)38(49)32-16-13-29(14-17-32)26-31-15-18-33(34(28-31)39(50)46(56)22-8-5-11-36(46)41(52)59-2)27-30-19-24-44(48,25-20-30)43(54)47(57)23-9-6-12-37(47)42(53)60-3/h13-20,24,28,35-37,55-57H,4-12,21-23,25-27H2,1-3H3. The number of rotatable bonds is 13. The lowest BCUT2D eigenvalue weighted by Crippen LogP contribution is -2.57. The van der Waals surface area contributed by atoms with E-state index in [1.165, 1.54) is 21.3 Å². The molecule has 2 aromatic carbocycles. The summed E-state index contributed by atoms with van der Waals surface area (Å²) in [6.45, 7) is 0. The maximum absolute atomic E-state index is 14.6. The summed E-state index contributed by atoms with van der Waals surface area (Å²) in [5.74, 6) is -6.36. The average Bonchev–Trinajstić information content (AvgIpc) is 3.26. The second-order valence-electron chi connectivity index (χ2n) is 16.9. The lowest BCUT2D eigenvalue weighted by atomic mass is 9.69. The van der Waals surface area contributed by atoms with E-state index < -0.39 is 73.2 Å². The highest BCUT2D eigenvalue weighted by Crippen LogP contribution is 2.44. The number of methoxy groups -OCH3 is 3. The molecule has 0 aliphatic heterocycles. The normalized spacial score (nSPS) is 30.4. The van der Waals surface area contributed by atoms with Gasteiger partial charge in [0.2, 0.25) is 0 Å². The molecule has 7 atom stereocenters. The smallest absolute Gasteiger partial charge is 0.312 e. The number of hydrogen-bond donors (Lipinski definition) is 3. The molecule has 12 nitrogen and oxygen atoms in total. The first kappa shape index (κ1) is 45.5. The van der Waals surface area contributed by atoms with Gasteiger partial charge in [0.05, 0.1) is 39.1 Å². The van der Waals surface area contributed by atoms with Gasteiger partial charge in [-0.05, 0) is 86.1 Å². The molecular weight excluding hydrogens is 883 g/mol. The van der Waals surface area contributed by atoms with Gasteiger partial charge in [0, 0.05) is 11.1 Å². The van der Waals surface area contributed by atoms with Crippen molar-refractivity contribution in [3.63, 3.8) is 0 Å². The van der Waals surface area contributed by atoms with E-state index in [1.807, 2.05) is 40.8 Å². The van der Waals surface area contributed by atoms with Crippen molar-refractivity contribution in [2.24, 2.45) is 17.8 Å². The number of esters is 3. The number of benzene rings is 2. The fourth-order valence-corrected chi connectivity index (χ4v) is 10.6. The highest BCUT2D eigenvalue weighted by atomic mass is 127. The molecule has 3 saturated carbocycles. The van der Waals surface area contributed by atoms with Crippen molar-refractivity contribution >= 4 is 57.8 Å². The first-order chi connectivity index (χ1) is 28.5. The van der Waals surface area contributed by atoms with Gasteiger partial charge in [-0.1, -0.05) is 116 Å². The summed E-state index contributed by atoms with van der Waals surface area (Å²) >= 11 is 2.04. The molecule has 0 spiro atoms. The molecule has 60 heavy (non-hydrogen) atoms. The Morgan fingerprint density at radius 1 is 0.633 bits per heavy atom. The van der Waals surface area contributed by atoms with Crippen molar-refractivity contribution in [2.75, 3.05) is 21.3 Å². The van der Waals surface area contributed by atoms with Crippen LogP contribution in [0.5, 0.6) is 0 Å². The summed E-state index contributed by atoms with van der Waals surface area (Å²) in [7, 11) is 3.73. The third-order valence-electron chi connectivity index (χ3n) is 13.3. The van der Waals surface area contributed by atoms with Gasteiger partial charge < -0.3 is 29.5 Å². The zero-order chi connectivity index (χ0) is 43.5. The monoisotopic (exact) mass is 938 g/mol. The van der Waals surface area contributed by atoms with Gasteiger partial charge in [0.1, 0.15) is 20.2 Å². The van der Waals surface area contributed by atoms with E-state index in [4.69, 9.17) is 14.2 Å². The fraction of sp³-hybridized carbons (Fsp3) is 0.532. The van der Waals surface area contributed by atoms with Crippen LogP contribution in [0.1, 0.15) is 121 Å². The number of allylic oxidation sites excluding steroid dienone is 4. The number of hydrogen-bond acceptors (Lipinski definition) is 12. The van der Waals surface area contributed by atoms with Crippen molar-refractivity contribution in [1.82, 2.24) is 0 Å². The molecule has 6 rings (SSSR count). The van der Waals surface area contributed by atoms with E-state index >= 15 is 0 Å². The predicted octanol–water partition coefficient (Wildman–Crippen LogP) is 6.10. The minimum Gasteiger partial charge on any atom is -0.469 e. The molecule has 3 N–H and O–H groups in total. The third kappa shape index (κ3) is 8.82. The van der Waals surface area contributed by atoms with E-state index in [9.17, 15) is 44.1 Å². The molecule has 322 valence electrons. The molecule has 2 aromatic rings. The SMILES string of the molecule is COC(=O)C1CCCCC1(O)C(=O)c1ccc(Cc2ccc(CC3=CCC(I)(C(=O)C4(O)CCCCC4C(=O)OC)C=C3)c(C(=O)C3(O)CCCCC3C(=O)OC)c2)cc1. The number of carbonyl (C=O) groups excluding carboxylic acids is 6. The first-order valence-corrected chi connectivity index (χ1v) is 22.0. The Morgan fingerprint density at radius 3 is 1.62 bits per heavy atom. The zero-order valence-corrected chi connectivity index (χ0v) is 36.7. The van der Waals surface area contributed by atoms with Gasteiger partial charge in [-0.2, -0.15) is 0 Å². The molecule has 4 aliphatic rings. The lowest BCUT2D eigenvalue weighted by molar-refractivity contribution is -0.168. The summed E-state index contributed by atoms with van der Waals surface area (Å²) in [4.78, 5) is 80.3. The van der Waals surface area contributed by atoms with Crippen molar-refractivity contribution in [3.8, 4) is 0 Å². The van der Waals surface area contributed by atoms with Gasteiger partial charge in [-0.3, -0.25) is 28.8 Å². The van der Waals surface area contributed by atoms with Crippen molar-refractivity contribution in [2.45, 2.75) is 117 Å². The molecule has 0 aromatic heterocycles. The van der Waals surface area contributed by atoms with E-state index in [2.05, 4.69) is 0 Å². The van der Waals surface area contributed by atoms with Crippen LogP contribution in [-0.2, 0) is 46.2 Å². The van der Waals surface area contributed by atoms with Crippen LogP contribution in [0.2, 0.25) is 0 Å². The van der Waals surface area contributed by atoms with Crippen LogP contribution < -0.4 is 0 Å². The minimum atomic E-state index is -1.99. The molecule has 0 amide bonds. The van der Waals surface area contributed by atoms with Crippen LogP contribution in [0, 0.1) is 17.8 Å².